The first kappa shape index (κ1) is 29.4. The maximum atomic E-state index is 12.4. The SMILES string of the molecule is C=CCC1=C(OC)C(CC=O)(CO[Si](c2ccccc2)(c2ccccc2)C(C)(C)C)C(OC)=C(CC=C)C1. The number of hydrogen-bond acceptors (Lipinski definition) is 4. The Bertz CT molecular complexity index is 1100. The van der Waals surface area contributed by atoms with Gasteiger partial charge in [0.15, 0.2) is 0 Å². The summed E-state index contributed by atoms with van der Waals surface area (Å²) in [5.41, 5.74) is 1.29. The minimum atomic E-state index is -2.89. The predicted octanol–water partition coefficient (Wildman–Crippen LogP) is 6.50. The number of ether oxygens (including phenoxy) is 2. The molecular formula is C33H42O4Si. The number of carbonyl (C=O) groups is 1. The molecule has 4 nitrogen and oxygen atoms in total. The normalized spacial score (nSPS) is 15.7. The molecule has 0 unspecified atom stereocenters. The topological polar surface area (TPSA) is 44.8 Å². The van der Waals surface area contributed by atoms with Crippen molar-refractivity contribution in [1.29, 1.82) is 0 Å². The van der Waals surface area contributed by atoms with Crippen LogP contribution >= 0.6 is 0 Å². The van der Waals surface area contributed by atoms with Crippen molar-refractivity contribution in [2.24, 2.45) is 5.41 Å². The molecule has 0 atom stereocenters. The summed E-state index contributed by atoms with van der Waals surface area (Å²) in [7, 11) is 0.459. The van der Waals surface area contributed by atoms with Crippen LogP contribution in [0.1, 0.15) is 46.5 Å². The third kappa shape index (κ3) is 5.36. The van der Waals surface area contributed by atoms with Crippen LogP contribution in [0.3, 0.4) is 0 Å². The highest BCUT2D eigenvalue weighted by Crippen LogP contribution is 2.50. The van der Waals surface area contributed by atoms with Crippen LogP contribution in [0.15, 0.2) is 109 Å². The van der Waals surface area contributed by atoms with Crippen molar-refractivity contribution in [2.75, 3.05) is 20.8 Å². The van der Waals surface area contributed by atoms with Gasteiger partial charge in [-0.15, -0.1) is 13.2 Å². The number of benzene rings is 2. The molecule has 0 heterocycles. The first-order valence-corrected chi connectivity index (χ1v) is 15.1. The summed E-state index contributed by atoms with van der Waals surface area (Å²) in [6.07, 6.45) is 6.89. The molecule has 0 saturated heterocycles. The Balaban J connectivity index is 2.31. The lowest BCUT2D eigenvalue weighted by atomic mass is 9.72. The molecule has 0 aromatic heterocycles. The average molecular weight is 531 g/mol. The molecule has 0 spiro atoms. The smallest absolute Gasteiger partial charge is 0.261 e. The van der Waals surface area contributed by atoms with Crippen molar-refractivity contribution < 1.29 is 18.7 Å². The fraction of sp³-hybridized carbons (Fsp3) is 0.364. The largest absolute Gasteiger partial charge is 0.500 e. The molecule has 0 saturated carbocycles. The molecular weight excluding hydrogens is 488 g/mol. The first-order chi connectivity index (χ1) is 18.3. The second kappa shape index (κ2) is 12.6. The highest BCUT2D eigenvalue weighted by Gasteiger charge is 2.54. The van der Waals surface area contributed by atoms with E-state index in [4.69, 9.17) is 13.9 Å². The molecule has 38 heavy (non-hydrogen) atoms. The molecule has 0 amide bonds. The van der Waals surface area contributed by atoms with Crippen LogP contribution in [0.25, 0.3) is 0 Å². The fourth-order valence-electron chi connectivity index (χ4n) is 6.07. The third-order valence-electron chi connectivity index (χ3n) is 7.51. The number of rotatable bonds is 13. The lowest BCUT2D eigenvalue weighted by Gasteiger charge is -2.47. The van der Waals surface area contributed by atoms with Gasteiger partial charge in [-0.2, -0.15) is 0 Å². The van der Waals surface area contributed by atoms with E-state index in [1.165, 1.54) is 10.4 Å². The molecule has 0 N–H and O–H groups in total. The van der Waals surface area contributed by atoms with Crippen LogP contribution in [0.5, 0.6) is 0 Å². The van der Waals surface area contributed by atoms with Crippen LogP contribution in [-0.4, -0.2) is 35.4 Å². The van der Waals surface area contributed by atoms with Crippen LogP contribution in [0.4, 0.5) is 0 Å². The molecule has 0 fully saturated rings. The van der Waals surface area contributed by atoms with Crippen molar-refractivity contribution in [1.82, 2.24) is 0 Å². The Morgan fingerprint density at radius 3 is 1.63 bits per heavy atom. The van der Waals surface area contributed by atoms with Crippen LogP contribution < -0.4 is 10.4 Å². The van der Waals surface area contributed by atoms with Gasteiger partial charge < -0.3 is 18.7 Å². The van der Waals surface area contributed by atoms with E-state index in [0.29, 0.717) is 19.3 Å². The van der Waals surface area contributed by atoms with E-state index in [1.807, 2.05) is 24.3 Å². The van der Waals surface area contributed by atoms with Gasteiger partial charge in [-0.1, -0.05) is 93.6 Å². The van der Waals surface area contributed by atoms with E-state index in [-0.39, 0.29) is 18.1 Å². The molecule has 1 aliphatic carbocycles. The average Bonchev–Trinajstić information content (AvgIpc) is 2.90. The standard InChI is InChI=1S/C33H42O4Si/c1-8-16-26-24-27(17-9-2)31(36-7)33(22-23-34,30(26)35-6)25-37-38(32(3,4)5,28-18-12-10-13-19-28)29-20-14-11-15-21-29/h8-15,18-21,23H,1-2,16-17,22,24-25H2,3-7H3. The summed E-state index contributed by atoms with van der Waals surface area (Å²) in [4.78, 5) is 12.4. The second-order valence-electron chi connectivity index (χ2n) is 10.8. The van der Waals surface area contributed by atoms with Crippen molar-refractivity contribution in [3.8, 4) is 0 Å². The highest BCUT2D eigenvalue weighted by atomic mass is 28.4. The van der Waals surface area contributed by atoms with Gasteiger partial charge in [0, 0.05) is 6.42 Å². The Labute approximate surface area is 229 Å². The number of hydrogen-bond donors (Lipinski definition) is 0. The third-order valence-corrected chi connectivity index (χ3v) is 12.5. The molecule has 1 aliphatic rings. The zero-order valence-electron chi connectivity index (χ0n) is 23.6. The molecule has 3 rings (SSSR count). The Hall–Kier alpha value is -3.15. The van der Waals surface area contributed by atoms with Gasteiger partial charge in [0.2, 0.25) is 0 Å². The Kier molecular flexibility index (Phi) is 9.75. The minimum Gasteiger partial charge on any atom is -0.500 e. The zero-order valence-corrected chi connectivity index (χ0v) is 24.6. The summed E-state index contributed by atoms with van der Waals surface area (Å²) in [5.74, 6) is 1.49. The van der Waals surface area contributed by atoms with Crippen LogP contribution in [-0.2, 0) is 18.7 Å². The maximum absolute atomic E-state index is 12.4. The summed E-state index contributed by atoms with van der Waals surface area (Å²) in [6.45, 7) is 14.9. The number of aldehydes is 1. The van der Waals surface area contributed by atoms with Gasteiger partial charge in [0.05, 0.1) is 20.8 Å². The number of methoxy groups -OCH3 is 2. The second-order valence-corrected chi connectivity index (χ2v) is 15.1. The molecule has 2 aromatic rings. The zero-order chi connectivity index (χ0) is 27.8. The van der Waals surface area contributed by atoms with E-state index < -0.39 is 13.7 Å². The van der Waals surface area contributed by atoms with E-state index in [2.05, 4.69) is 82.5 Å². The quantitative estimate of drug-likeness (QED) is 0.169. The van der Waals surface area contributed by atoms with Gasteiger partial charge in [-0.3, -0.25) is 0 Å². The molecule has 0 bridgehead atoms. The van der Waals surface area contributed by atoms with E-state index in [1.54, 1.807) is 14.2 Å². The lowest BCUT2D eigenvalue weighted by molar-refractivity contribution is -0.110. The summed E-state index contributed by atoms with van der Waals surface area (Å²) in [5, 5.41) is 2.15. The molecule has 5 heteroatoms. The van der Waals surface area contributed by atoms with Gasteiger partial charge in [0.1, 0.15) is 23.2 Å². The summed E-state index contributed by atoms with van der Waals surface area (Å²) in [6, 6.07) is 21.0. The summed E-state index contributed by atoms with van der Waals surface area (Å²) < 4.78 is 19.6. The Morgan fingerprint density at radius 1 is 0.842 bits per heavy atom. The van der Waals surface area contributed by atoms with Crippen LogP contribution in [0.2, 0.25) is 5.04 Å². The highest BCUT2D eigenvalue weighted by molar-refractivity contribution is 6.99. The van der Waals surface area contributed by atoms with Crippen LogP contribution in [0, 0.1) is 5.41 Å². The monoisotopic (exact) mass is 530 g/mol. The number of allylic oxidation sites excluding steroid dienone is 4. The van der Waals surface area contributed by atoms with Crippen molar-refractivity contribution in [3.63, 3.8) is 0 Å². The van der Waals surface area contributed by atoms with Gasteiger partial charge in [0.25, 0.3) is 8.32 Å². The first-order valence-electron chi connectivity index (χ1n) is 13.2. The molecule has 0 aliphatic heterocycles. The summed E-state index contributed by atoms with van der Waals surface area (Å²) >= 11 is 0. The Morgan fingerprint density at radius 2 is 1.29 bits per heavy atom. The van der Waals surface area contributed by atoms with Crippen molar-refractivity contribution >= 4 is 25.0 Å². The van der Waals surface area contributed by atoms with Crippen molar-refractivity contribution in [2.45, 2.75) is 51.5 Å². The van der Waals surface area contributed by atoms with Crippen molar-refractivity contribution in [3.05, 3.63) is 109 Å². The lowest BCUT2D eigenvalue weighted by Crippen LogP contribution is -2.67. The molecule has 202 valence electrons. The molecule has 0 radical (unpaired) electrons. The van der Waals surface area contributed by atoms with E-state index in [9.17, 15) is 4.79 Å². The van der Waals surface area contributed by atoms with E-state index >= 15 is 0 Å². The maximum Gasteiger partial charge on any atom is 0.261 e. The van der Waals surface area contributed by atoms with E-state index in [0.717, 1.165) is 29.0 Å². The fourth-order valence-corrected chi connectivity index (χ4v) is 10.7. The molecule has 2 aromatic carbocycles. The van der Waals surface area contributed by atoms with Gasteiger partial charge in [-0.05, 0) is 45.8 Å². The van der Waals surface area contributed by atoms with Gasteiger partial charge >= 0.3 is 0 Å². The number of carbonyl (C=O) groups excluding carboxylic acids is 1. The predicted molar refractivity (Wildman–Crippen MR) is 159 cm³/mol. The minimum absolute atomic E-state index is 0.179. The van der Waals surface area contributed by atoms with Gasteiger partial charge in [-0.25, -0.2) is 0 Å².